The van der Waals surface area contributed by atoms with Crippen LogP contribution in [-0.2, 0) is 9.53 Å². The first-order valence-corrected chi connectivity index (χ1v) is 7.00. The Labute approximate surface area is 136 Å². The zero-order chi connectivity index (χ0) is 17.7. The zero-order valence-corrected chi connectivity index (χ0v) is 12.6. The first-order valence-electron chi connectivity index (χ1n) is 7.00. The van der Waals surface area contributed by atoms with Crippen molar-refractivity contribution in [1.29, 1.82) is 0 Å². The summed E-state index contributed by atoms with van der Waals surface area (Å²) < 4.78 is 43.9. The fourth-order valence-electron chi connectivity index (χ4n) is 1.93. The van der Waals surface area contributed by atoms with E-state index in [4.69, 9.17) is 4.74 Å². The van der Waals surface area contributed by atoms with Gasteiger partial charge in [0.2, 0.25) is 5.78 Å². The number of hydrogen-bond acceptors (Lipinski definition) is 3. The second-order valence-corrected chi connectivity index (χ2v) is 4.96. The predicted octanol–water partition coefficient (Wildman–Crippen LogP) is 3.93. The highest BCUT2D eigenvalue weighted by Crippen LogP contribution is 2.12. The Morgan fingerprint density at radius 3 is 2.46 bits per heavy atom. The van der Waals surface area contributed by atoms with Gasteiger partial charge in [0.1, 0.15) is 5.82 Å². The van der Waals surface area contributed by atoms with E-state index in [1.165, 1.54) is 31.2 Å². The van der Waals surface area contributed by atoms with Crippen LogP contribution in [0.1, 0.15) is 22.8 Å². The topological polar surface area (TPSA) is 43.4 Å². The van der Waals surface area contributed by atoms with Crippen LogP contribution < -0.4 is 0 Å². The number of rotatable bonds is 5. The number of ether oxygens (including phenoxy) is 1. The van der Waals surface area contributed by atoms with Gasteiger partial charge in [0.05, 0.1) is 0 Å². The molecule has 0 amide bonds. The molecule has 24 heavy (non-hydrogen) atoms. The Bertz CT molecular complexity index is 800. The van der Waals surface area contributed by atoms with Gasteiger partial charge in [-0.25, -0.2) is 18.0 Å². The van der Waals surface area contributed by atoms with E-state index >= 15 is 0 Å². The van der Waals surface area contributed by atoms with Gasteiger partial charge in [-0.2, -0.15) is 0 Å². The van der Waals surface area contributed by atoms with Gasteiger partial charge < -0.3 is 4.74 Å². The molecule has 124 valence electrons. The van der Waals surface area contributed by atoms with Crippen LogP contribution in [0.3, 0.4) is 0 Å². The fourth-order valence-corrected chi connectivity index (χ4v) is 1.93. The smallest absolute Gasteiger partial charge is 0.331 e. The van der Waals surface area contributed by atoms with E-state index in [0.717, 1.165) is 24.3 Å². The summed E-state index contributed by atoms with van der Waals surface area (Å²) in [5.41, 5.74) is 0.342. The van der Waals surface area contributed by atoms with Crippen molar-refractivity contribution in [2.75, 3.05) is 0 Å². The second-order valence-electron chi connectivity index (χ2n) is 4.96. The summed E-state index contributed by atoms with van der Waals surface area (Å²) in [6.07, 6.45) is 1.20. The van der Waals surface area contributed by atoms with Gasteiger partial charge in [0.15, 0.2) is 17.7 Å². The third kappa shape index (κ3) is 4.55. The van der Waals surface area contributed by atoms with Crippen molar-refractivity contribution >= 4 is 17.8 Å². The minimum atomic E-state index is -1.18. The molecule has 2 rings (SSSR count). The standard InChI is InChI=1S/C18H13F3O3/c1-11(18(23)13-6-7-15(20)16(21)10-13)24-17(22)8-5-12-3-2-4-14(19)9-12/h2-11H,1H3/b8-5+. The number of halogens is 3. The average molecular weight is 334 g/mol. The van der Waals surface area contributed by atoms with E-state index in [1.807, 2.05) is 0 Å². The van der Waals surface area contributed by atoms with E-state index in [1.54, 1.807) is 6.07 Å². The molecule has 0 fully saturated rings. The molecule has 6 heteroatoms. The van der Waals surface area contributed by atoms with Gasteiger partial charge in [-0.1, -0.05) is 12.1 Å². The maximum Gasteiger partial charge on any atom is 0.331 e. The van der Waals surface area contributed by atoms with E-state index in [0.29, 0.717) is 5.56 Å². The Balaban J connectivity index is 2.00. The summed E-state index contributed by atoms with van der Waals surface area (Å²) >= 11 is 0. The molecule has 0 spiro atoms. The second kappa shape index (κ2) is 7.59. The van der Waals surface area contributed by atoms with E-state index in [2.05, 4.69) is 0 Å². The van der Waals surface area contributed by atoms with E-state index < -0.39 is 35.3 Å². The Kier molecular flexibility index (Phi) is 5.52. The zero-order valence-electron chi connectivity index (χ0n) is 12.6. The van der Waals surface area contributed by atoms with E-state index in [9.17, 15) is 22.8 Å². The van der Waals surface area contributed by atoms with Crippen LogP contribution >= 0.6 is 0 Å². The largest absolute Gasteiger partial charge is 0.451 e. The summed E-state index contributed by atoms with van der Waals surface area (Å²) in [6, 6.07) is 8.22. The summed E-state index contributed by atoms with van der Waals surface area (Å²) in [4.78, 5) is 23.7. The molecule has 0 saturated carbocycles. The molecule has 0 aliphatic rings. The first-order chi connectivity index (χ1) is 11.4. The molecule has 0 aliphatic carbocycles. The normalized spacial score (nSPS) is 12.2. The minimum Gasteiger partial charge on any atom is -0.451 e. The van der Waals surface area contributed by atoms with Crippen LogP contribution in [0.5, 0.6) is 0 Å². The van der Waals surface area contributed by atoms with Gasteiger partial charge in [-0.05, 0) is 48.9 Å². The molecule has 1 unspecified atom stereocenters. The van der Waals surface area contributed by atoms with E-state index in [-0.39, 0.29) is 5.56 Å². The van der Waals surface area contributed by atoms with Crippen LogP contribution in [0.25, 0.3) is 6.08 Å². The molecular weight excluding hydrogens is 321 g/mol. The SMILES string of the molecule is CC(OC(=O)/C=C/c1cccc(F)c1)C(=O)c1ccc(F)c(F)c1. The van der Waals surface area contributed by atoms with Crippen molar-refractivity contribution in [2.45, 2.75) is 13.0 Å². The number of Topliss-reactive ketones (excluding diaryl/α,β-unsaturated/α-hetero) is 1. The van der Waals surface area contributed by atoms with Crippen LogP contribution in [0.15, 0.2) is 48.5 Å². The third-order valence-corrected chi connectivity index (χ3v) is 3.13. The average Bonchev–Trinajstić information content (AvgIpc) is 2.55. The summed E-state index contributed by atoms with van der Waals surface area (Å²) in [7, 11) is 0. The lowest BCUT2D eigenvalue weighted by atomic mass is 10.1. The van der Waals surface area contributed by atoms with Crippen molar-refractivity contribution in [1.82, 2.24) is 0 Å². The van der Waals surface area contributed by atoms with Gasteiger partial charge >= 0.3 is 5.97 Å². The fraction of sp³-hybridized carbons (Fsp3) is 0.111. The maximum atomic E-state index is 13.1. The minimum absolute atomic E-state index is 0.108. The molecule has 0 aromatic heterocycles. The van der Waals surface area contributed by atoms with Crippen LogP contribution in [0, 0.1) is 17.5 Å². The monoisotopic (exact) mass is 334 g/mol. The third-order valence-electron chi connectivity index (χ3n) is 3.13. The van der Waals surface area contributed by atoms with Gasteiger partial charge in [-0.15, -0.1) is 0 Å². The Morgan fingerprint density at radius 1 is 1.04 bits per heavy atom. The van der Waals surface area contributed by atoms with Crippen molar-refractivity contribution < 1.29 is 27.5 Å². The number of carbonyl (C=O) groups excluding carboxylic acids is 2. The predicted molar refractivity (Wildman–Crippen MR) is 81.7 cm³/mol. The molecule has 0 N–H and O–H groups in total. The van der Waals surface area contributed by atoms with Crippen molar-refractivity contribution in [2.24, 2.45) is 0 Å². The van der Waals surface area contributed by atoms with Crippen LogP contribution in [0.2, 0.25) is 0 Å². The molecule has 0 bridgehead atoms. The molecule has 1 atom stereocenters. The lowest BCUT2D eigenvalue weighted by Gasteiger charge is -2.11. The highest BCUT2D eigenvalue weighted by atomic mass is 19.2. The number of hydrogen-bond donors (Lipinski definition) is 0. The molecule has 0 saturated heterocycles. The quantitative estimate of drug-likeness (QED) is 0.473. The first kappa shape index (κ1) is 17.5. The van der Waals surface area contributed by atoms with Crippen molar-refractivity contribution in [3.63, 3.8) is 0 Å². The van der Waals surface area contributed by atoms with Crippen molar-refractivity contribution in [3.8, 4) is 0 Å². The molecule has 2 aromatic carbocycles. The number of ketones is 1. The summed E-state index contributed by atoms with van der Waals surface area (Å²) in [5, 5.41) is 0. The number of carbonyl (C=O) groups is 2. The van der Waals surface area contributed by atoms with Crippen LogP contribution in [-0.4, -0.2) is 17.9 Å². The molecule has 2 aromatic rings. The molecule has 0 aliphatic heterocycles. The number of esters is 1. The van der Waals surface area contributed by atoms with Gasteiger partial charge in [-0.3, -0.25) is 4.79 Å². The maximum absolute atomic E-state index is 13.1. The highest BCUT2D eigenvalue weighted by molar-refractivity contribution is 6.01. The van der Waals surface area contributed by atoms with Crippen LogP contribution in [0.4, 0.5) is 13.2 Å². The Morgan fingerprint density at radius 2 is 1.79 bits per heavy atom. The molecule has 3 nitrogen and oxygen atoms in total. The van der Waals surface area contributed by atoms with Crippen molar-refractivity contribution in [3.05, 3.63) is 77.1 Å². The summed E-state index contributed by atoms with van der Waals surface area (Å²) in [5.74, 6) is -4.17. The summed E-state index contributed by atoms with van der Waals surface area (Å²) in [6.45, 7) is 1.32. The molecule has 0 heterocycles. The van der Waals surface area contributed by atoms with Gasteiger partial charge in [0, 0.05) is 11.6 Å². The highest BCUT2D eigenvalue weighted by Gasteiger charge is 2.19. The Hall–Kier alpha value is -2.89. The van der Waals surface area contributed by atoms with Gasteiger partial charge in [0.25, 0.3) is 0 Å². The number of benzene rings is 2. The molecule has 0 radical (unpaired) electrons. The lowest BCUT2D eigenvalue weighted by Crippen LogP contribution is -2.23. The molecular formula is C18H13F3O3. The lowest BCUT2D eigenvalue weighted by molar-refractivity contribution is -0.140.